The maximum atomic E-state index is 14.1. The fraction of sp³-hybridized carbons (Fsp3) is 0.471. The Morgan fingerprint density at radius 2 is 2.14 bits per heavy atom. The molecule has 1 aromatic heterocycles. The van der Waals surface area contributed by atoms with Crippen LogP contribution in [0.3, 0.4) is 0 Å². The Balaban J connectivity index is 2.19. The molecule has 0 radical (unpaired) electrons. The van der Waals surface area contributed by atoms with E-state index in [1.165, 1.54) is 11.6 Å². The molecule has 1 heterocycles. The zero-order chi connectivity index (χ0) is 14.8. The van der Waals surface area contributed by atoms with Crippen LogP contribution >= 0.6 is 0 Å². The Labute approximate surface area is 124 Å². The summed E-state index contributed by atoms with van der Waals surface area (Å²) in [6.07, 6.45) is 4.21. The molecular formula is C17H21FN2O. The molecule has 0 spiro atoms. The summed E-state index contributed by atoms with van der Waals surface area (Å²) in [6, 6.07) is 3.29. The van der Waals surface area contributed by atoms with Gasteiger partial charge in [-0.15, -0.1) is 0 Å². The molecule has 0 atom stereocenters. The molecule has 1 aliphatic rings. The van der Waals surface area contributed by atoms with Crippen molar-refractivity contribution in [3.63, 3.8) is 0 Å². The molecule has 2 aromatic rings. The SMILES string of the molecule is CCCNc1c2c(nc3cc(F)c(OCC)cc13)CCC2. The molecule has 0 fully saturated rings. The predicted octanol–water partition coefficient (Wildman–Crippen LogP) is 4.08. The number of fused-ring (bicyclic) bond motifs is 2. The third kappa shape index (κ3) is 2.55. The second-order valence-electron chi connectivity index (χ2n) is 5.43. The number of pyridine rings is 1. The van der Waals surface area contributed by atoms with E-state index in [4.69, 9.17) is 4.74 Å². The molecule has 0 saturated heterocycles. The number of nitrogens with one attached hydrogen (secondary N) is 1. The number of aromatic nitrogens is 1. The molecule has 1 aromatic carbocycles. The second-order valence-corrected chi connectivity index (χ2v) is 5.43. The first-order chi connectivity index (χ1) is 10.2. The predicted molar refractivity (Wildman–Crippen MR) is 83.7 cm³/mol. The summed E-state index contributed by atoms with van der Waals surface area (Å²) >= 11 is 0. The van der Waals surface area contributed by atoms with Crippen LogP contribution in [0.1, 0.15) is 37.9 Å². The van der Waals surface area contributed by atoms with Gasteiger partial charge in [0.25, 0.3) is 0 Å². The van der Waals surface area contributed by atoms with Crippen LogP contribution in [0, 0.1) is 5.82 Å². The summed E-state index contributed by atoms with van der Waals surface area (Å²) in [5.41, 5.74) is 4.25. The van der Waals surface area contributed by atoms with Gasteiger partial charge in [0.15, 0.2) is 11.6 Å². The molecular weight excluding hydrogens is 267 g/mol. The molecule has 1 aliphatic carbocycles. The molecule has 0 saturated carbocycles. The van der Waals surface area contributed by atoms with Gasteiger partial charge in [-0.25, -0.2) is 4.39 Å². The van der Waals surface area contributed by atoms with Crippen molar-refractivity contribution in [2.75, 3.05) is 18.5 Å². The third-order valence-corrected chi connectivity index (χ3v) is 3.92. The zero-order valence-corrected chi connectivity index (χ0v) is 12.6. The molecule has 21 heavy (non-hydrogen) atoms. The van der Waals surface area contributed by atoms with Crippen LogP contribution < -0.4 is 10.1 Å². The van der Waals surface area contributed by atoms with Crippen molar-refractivity contribution >= 4 is 16.6 Å². The Kier molecular flexibility index (Phi) is 3.95. The van der Waals surface area contributed by atoms with Gasteiger partial charge in [0.05, 0.1) is 12.1 Å². The van der Waals surface area contributed by atoms with E-state index in [2.05, 4.69) is 17.2 Å². The van der Waals surface area contributed by atoms with Crippen molar-refractivity contribution < 1.29 is 9.13 Å². The van der Waals surface area contributed by atoms with E-state index >= 15 is 0 Å². The molecule has 3 rings (SSSR count). The lowest BCUT2D eigenvalue weighted by Crippen LogP contribution is -2.06. The van der Waals surface area contributed by atoms with E-state index in [0.717, 1.165) is 54.5 Å². The number of nitrogens with zero attached hydrogens (tertiary/aromatic N) is 1. The Hall–Kier alpha value is -1.84. The van der Waals surface area contributed by atoms with Crippen LogP contribution in [0.25, 0.3) is 10.9 Å². The molecule has 0 unspecified atom stereocenters. The monoisotopic (exact) mass is 288 g/mol. The number of rotatable bonds is 5. The van der Waals surface area contributed by atoms with Crippen LogP contribution in [0.2, 0.25) is 0 Å². The van der Waals surface area contributed by atoms with Gasteiger partial charge in [0, 0.05) is 29.4 Å². The molecule has 112 valence electrons. The minimum atomic E-state index is -0.337. The molecule has 0 aliphatic heterocycles. The highest BCUT2D eigenvalue weighted by Gasteiger charge is 2.20. The first kappa shape index (κ1) is 14.1. The molecule has 4 heteroatoms. The fourth-order valence-corrected chi connectivity index (χ4v) is 2.98. The summed E-state index contributed by atoms with van der Waals surface area (Å²) in [6.45, 7) is 5.37. The summed E-state index contributed by atoms with van der Waals surface area (Å²) in [4.78, 5) is 4.65. The zero-order valence-electron chi connectivity index (χ0n) is 12.6. The fourth-order valence-electron chi connectivity index (χ4n) is 2.98. The number of aryl methyl sites for hydroxylation is 1. The molecule has 0 amide bonds. The van der Waals surface area contributed by atoms with E-state index < -0.39 is 0 Å². The average Bonchev–Trinajstić information content (AvgIpc) is 2.93. The number of halogens is 1. The highest BCUT2D eigenvalue weighted by molar-refractivity contribution is 5.94. The average molecular weight is 288 g/mol. The molecule has 3 nitrogen and oxygen atoms in total. The first-order valence-electron chi connectivity index (χ1n) is 7.76. The summed E-state index contributed by atoms with van der Waals surface area (Å²) in [7, 11) is 0. The molecule has 1 N–H and O–H groups in total. The standard InChI is InChI=1S/C17H21FN2O/c1-3-8-19-17-11-6-5-7-14(11)20-15-10-13(18)16(21-4-2)9-12(15)17/h9-10H,3-8H2,1-2H3,(H,19,20). The van der Waals surface area contributed by atoms with Gasteiger partial charge in [-0.2, -0.15) is 0 Å². The Morgan fingerprint density at radius 3 is 2.90 bits per heavy atom. The van der Waals surface area contributed by atoms with Gasteiger partial charge >= 0.3 is 0 Å². The van der Waals surface area contributed by atoms with Gasteiger partial charge < -0.3 is 10.1 Å². The number of anilines is 1. The van der Waals surface area contributed by atoms with Crippen molar-refractivity contribution in [3.8, 4) is 5.75 Å². The van der Waals surface area contributed by atoms with Crippen molar-refractivity contribution in [1.29, 1.82) is 0 Å². The topological polar surface area (TPSA) is 34.2 Å². The van der Waals surface area contributed by atoms with E-state index in [1.807, 2.05) is 6.92 Å². The van der Waals surface area contributed by atoms with E-state index in [0.29, 0.717) is 12.4 Å². The van der Waals surface area contributed by atoms with Crippen LogP contribution in [-0.4, -0.2) is 18.1 Å². The molecule has 0 bridgehead atoms. The summed E-state index contributed by atoms with van der Waals surface area (Å²) < 4.78 is 19.4. The summed E-state index contributed by atoms with van der Waals surface area (Å²) in [5, 5.41) is 4.48. The number of benzene rings is 1. The van der Waals surface area contributed by atoms with Crippen molar-refractivity contribution in [2.45, 2.75) is 39.5 Å². The van der Waals surface area contributed by atoms with E-state index in [9.17, 15) is 4.39 Å². The van der Waals surface area contributed by atoms with E-state index in [1.54, 1.807) is 6.07 Å². The van der Waals surface area contributed by atoms with Gasteiger partial charge in [0.1, 0.15) is 0 Å². The number of ether oxygens (including phenoxy) is 1. The van der Waals surface area contributed by atoms with Crippen molar-refractivity contribution in [1.82, 2.24) is 4.98 Å². The second kappa shape index (κ2) is 5.88. The third-order valence-electron chi connectivity index (χ3n) is 3.92. The maximum absolute atomic E-state index is 14.1. The van der Waals surface area contributed by atoms with Gasteiger partial charge in [-0.1, -0.05) is 6.92 Å². The number of hydrogen-bond acceptors (Lipinski definition) is 3. The van der Waals surface area contributed by atoms with Gasteiger partial charge in [-0.05, 0) is 44.2 Å². The van der Waals surface area contributed by atoms with Crippen LogP contribution in [-0.2, 0) is 12.8 Å². The van der Waals surface area contributed by atoms with Crippen molar-refractivity contribution in [2.24, 2.45) is 0 Å². The van der Waals surface area contributed by atoms with Gasteiger partial charge in [-0.3, -0.25) is 4.98 Å². The van der Waals surface area contributed by atoms with Crippen LogP contribution in [0.5, 0.6) is 5.75 Å². The summed E-state index contributed by atoms with van der Waals surface area (Å²) in [5.74, 6) is -0.0273. The highest BCUT2D eigenvalue weighted by Crippen LogP contribution is 2.36. The smallest absolute Gasteiger partial charge is 0.167 e. The first-order valence-corrected chi connectivity index (χ1v) is 7.76. The minimum absolute atomic E-state index is 0.310. The quantitative estimate of drug-likeness (QED) is 0.900. The minimum Gasteiger partial charge on any atom is -0.491 e. The van der Waals surface area contributed by atoms with Crippen molar-refractivity contribution in [3.05, 3.63) is 29.2 Å². The number of hydrogen-bond donors (Lipinski definition) is 1. The normalized spacial score (nSPS) is 13.5. The Morgan fingerprint density at radius 1 is 1.29 bits per heavy atom. The largest absolute Gasteiger partial charge is 0.491 e. The Bertz CT molecular complexity index is 670. The van der Waals surface area contributed by atoms with E-state index in [-0.39, 0.29) is 5.82 Å². The lowest BCUT2D eigenvalue weighted by atomic mass is 10.1. The lowest BCUT2D eigenvalue weighted by molar-refractivity contribution is 0.322. The lowest BCUT2D eigenvalue weighted by Gasteiger charge is -2.15. The highest BCUT2D eigenvalue weighted by atomic mass is 19.1. The maximum Gasteiger partial charge on any atom is 0.167 e. The van der Waals surface area contributed by atoms with Crippen LogP contribution in [0.4, 0.5) is 10.1 Å². The van der Waals surface area contributed by atoms with Gasteiger partial charge in [0.2, 0.25) is 0 Å². The van der Waals surface area contributed by atoms with Crippen LogP contribution in [0.15, 0.2) is 12.1 Å².